The van der Waals surface area contributed by atoms with Crippen molar-refractivity contribution in [3.8, 4) is 6.07 Å². The average Bonchev–Trinajstić information content (AvgIpc) is 3.07. The van der Waals surface area contributed by atoms with Crippen LogP contribution in [0.1, 0.15) is 50.7 Å². The van der Waals surface area contributed by atoms with Crippen LogP contribution in [0.4, 0.5) is 5.69 Å². The third kappa shape index (κ3) is 3.60. The second-order valence-electron chi connectivity index (χ2n) is 8.22. The maximum Gasteiger partial charge on any atom is 0.228 e. The minimum atomic E-state index is -0.542. The summed E-state index contributed by atoms with van der Waals surface area (Å²) >= 11 is 0. The fraction of sp³-hybridized carbons (Fsp3) is 0.619. The number of benzene rings is 1. The lowest BCUT2D eigenvalue weighted by Crippen LogP contribution is -2.54. The Kier molecular flexibility index (Phi) is 5.54. The monoisotopic (exact) mass is 383 g/mol. The highest BCUT2D eigenvalue weighted by Gasteiger charge is 2.51. The summed E-state index contributed by atoms with van der Waals surface area (Å²) in [4.78, 5) is 12.7. The van der Waals surface area contributed by atoms with Gasteiger partial charge in [0.25, 0.3) is 0 Å². The number of amides is 1. The Morgan fingerprint density at radius 1 is 1.29 bits per heavy atom. The number of piperidine rings is 1. The summed E-state index contributed by atoms with van der Waals surface area (Å²) in [6.45, 7) is 2.41. The molecule has 4 unspecified atom stereocenters. The Morgan fingerprint density at radius 2 is 2.11 bits per heavy atom. The minimum Gasteiger partial charge on any atom is -0.389 e. The Balaban J connectivity index is 1.58. The van der Waals surface area contributed by atoms with Gasteiger partial charge in [0.05, 0.1) is 24.0 Å². The molecule has 0 radical (unpaired) electrons. The van der Waals surface area contributed by atoms with Crippen LogP contribution in [0.25, 0.3) is 0 Å². The molecule has 28 heavy (non-hydrogen) atoms. The molecule has 3 fully saturated rings. The first-order valence-electron chi connectivity index (χ1n) is 10.3. The molecule has 0 bridgehead atoms. The van der Waals surface area contributed by atoms with Crippen LogP contribution >= 0.6 is 0 Å². The van der Waals surface area contributed by atoms with Crippen molar-refractivity contribution in [2.75, 3.05) is 11.9 Å². The highest BCUT2D eigenvalue weighted by molar-refractivity contribution is 5.82. The number of rotatable bonds is 4. The number of carbonyl (C=O) groups is 1. The zero-order valence-electron chi connectivity index (χ0n) is 16.3. The lowest BCUT2D eigenvalue weighted by molar-refractivity contribution is -0.128. The molecule has 0 aromatic heterocycles. The molecule has 6 atom stereocenters. The molecule has 1 amide bonds. The fourth-order valence-corrected chi connectivity index (χ4v) is 4.96. The standard InChI is InChI=1S/C21H29N5O2/c1-13(27)14-6-4-7-16(11-14)24-20-19-18(9-10-23-21(19)28)26(25-20)17-8-3-2-5-15(17)12-22/h4,6-7,11,13,15,17-20,24-25,27H,2-3,5,8-10H2,1H3,(H,23,28)/t13?,15-,17+,18?,19?,20?/m1/s1. The van der Waals surface area contributed by atoms with Crippen LogP contribution in [0.15, 0.2) is 24.3 Å². The van der Waals surface area contributed by atoms with Crippen LogP contribution in [0.2, 0.25) is 0 Å². The lowest BCUT2D eigenvalue weighted by Gasteiger charge is -2.39. The summed E-state index contributed by atoms with van der Waals surface area (Å²) < 4.78 is 0. The number of carbonyl (C=O) groups excluding carboxylic acids is 1. The van der Waals surface area contributed by atoms with Gasteiger partial charge in [-0.2, -0.15) is 5.26 Å². The van der Waals surface area contributed by atoms with E-state index in [1.807, 2.05) is 24.3 Å². The molecular weight excluding hydrogens is 354 g/mol. The summed E-state index contributed by atoms with van der Waals surface area (Å²) in [5, 5.41) is 28.2. The van der Waals surface area contributed by atoms with Gasteiger partial charge in [-0.25, -0.2) is 10.4 Å². The normalized spacial score (nSPS) is 34.2. The molecule has 150 valence electrons. The molecule has 1 aromatic carbocycles. The van der Waals surface area contributed by atoms with Gasteiger partial charge < -0.3 is 15.7 Å². The van der Waals surface area contributed by atoms with Gasteiger partial charge >= 0.3 is 0 Å². The van der Waals surface area contributed by atoms with Gasteiger partial charge in [0.15, 0.2) is 0 Å². The van der Waals surface area contributed by atoms with Crippen molar-refractivity contribution in [3.05, 3.63) is 29.8 Å². The third-order valence-corrected chi connectivity index (χ3v) is 6.40. The highest BCUT2D eigenvalue weighted by atomic mass is 16.3. The first-order chi connectivity index (χ1) is 13.6. The van der Waals surface area contributed by atoms with E-state index in [1.165, 1.54) is 0 Å². The molecule has 7 heteroatoms. The Morgan fingerprint density at radius 3 is 2.89 bits per heavy atom. The zero-order chi connectivity index (χ0) is 19.7. The van der Waals surface area contributed by atoms with E-state index in [2.05, 4.69) is 27.1 Å². The smallest absolute Gasteiger partial charge is 0.228 e. The van der Waals surface area contributed by atoms with Crippen LogP contribution in [-0.2, 0) is 4.79 Å². The van der Waals surface area contributed by atoms with E-state index in [-0.39, 0.29) is 36.0 Å². The molecule has 3 aliphatic rings. The summed E-state index contributed by atoms with van der Waals surface area (Å²) in [5.41, 5.74) is 5.25. The summed E-state index contributed by atoms with van der Waals surface area (Å²) in [6, 6.07) is 10.4. The van der Waals surface area contributed by atoms with Crippen molar-refractivity contribution in [3.63, 3.8) is 0 Å². The number of hydrazine groups is 1. The number of aliphatic hydroxyl groups excluding tert-OH is 1. The number of anilines is 1. The summed E-state index contributed by atoms with van der Waals surface area (Å²) in [6.07, 6.45) is 4.24. The molecule has 7 nitrogen and oxygen atoms in total. The number of nitrogens with one attached hydrogen (secondary N) is 3. The Bertz CT molecular complexity index is 761. The van der Waals surface area contributed by atoms with Crippen molar-refractivity contribution in [2.24, 2.45) is 11.8 Å². The molecule has 2 heterocycles. The molecule has 4 N–H and O–H groups in total. The number of fused-ring (bicyclic) bond motifs is 1. The SMILES string of the molecule is CC(O)c1cccc(NC2NN([C@H]3CCCC[C@@H]3C#N)C3CCNC(=O)C23)c1. The maximum atomic E-state index is 12.7. The van der Waals surface area contributed by atoms with Gasteiger partial charge in [0.2, 0.25) is 5.91 Å². The first-order valence-corrected chi connectivity index (χ1v) is 10.3. The Labute approximate surface area is 166 Å². The highest BCUT2D eigenvalue weighted by Crippen LogP contribution is 2.36. The van der Waals surface area contributed by atoms with Gasteiger partial charge in [-0.3, -0.25) is 4.79 Å². The van der Waals surface area contributed by atoms with E-state index in [0.29, 0.717) is 6.54 Å². The summed E-state index contributed by atoms with van der Waals surface area (Å²) in [7, 11) is 0. The maximum absolute atomic E-state index is 12.7. The van der Waals surface area contributed by atoms with Crippen molar-refractivity contribution in [2.45, 2.75) is 63.4 Å². The van der Waals surface area contributed by atoms with Gasteiger partial charge in [0.1, 0.15) is 6.17 Å². The van der Waals surface area contributed by atoms with Gasteiger partial charge in [-0.15, -0.1) is 0 Å². The Hall–Kier alpha value is -2.14. The topological polar surface area (TPSA) is 100 Å². The fourth-order valence-electron chi connectivity index (χ4n) is 4.96. The molecule has 1 aromatic rings. The quantitative estimate of drug-likeness (QED) is 0.634. The molecule has 0 spiro atoms. The second-order valence-corrected chi connectivity index (χ2v) is 8.22. The summed E-state index contributed by atoms with van der Waals surface area (Å²) in [5.74, 6) is -0.158. The van der Waals surface area contributed by atoms with Crippen LogP contribution in [0, 0.1) is 23.2 Å². The van der Waals surface area contributed by atoms with Crippen LogP contribution in [0.3, 0.4) is 0 Å². The molecular formula is C21H29N5O2. The lowest BCUT2D eigenvalue weighted by atomic mass is 9.83. The predicted molar refractivity (Wildman–Crippen MR) is 106 cm³/mol. The molecule has 2 saturated heterocycles. The van der Waals surface area contributed by atoms with Crippen LogP contribution in [0.5, 0.6) is 0 Å². The first kappa shape index (κ1) is 19.2. The number of hydrogen-bond acceptors (Lipinski definition) is 6. The van der Waals surface area contributed by atoms with Crippen molar-refractivity contribution in [1.29, 1.82) is 5.26 Å². The molecule has 4 rings (SSSR count). The number of nitrogens with zero attached hydrogens (tertiary/aromatic N) is 2. The molecule has 2 aliphatic heterocycles. The predicted octanol–water partition coefficient (Wildman–Crippen LogP) is 1.89. The van der Waals surface area contributed by atoms with Crippen molar-refractivity contribution in [1.82, 2.24) is 15.8 Å². The van der Waals surface area contributed by atoms with Crippen LogP contribution < -0.4 is 16.1 Å². The van der Waals surface area contributed by atoms with Crippen LogP contribution in [-0.4, -0.2) is 40.8 Å². The van der Waals surface area contributed by atoms with E-state index in [0.717, 1.165) is 43.4 Å². The van der Waals surface area contributed by atoms with Gasteiger partial charge in [0, 0.05) is 24.3 Å². The van der Waals surface area contributed by atoms with E-state index in [1.54, 1.807) is 6.92 Å². The molecule has 1 saturated carbocycles. The number of nitriles is 1. The van der Waals surface area contributed by atoms with Crippen molar-refractivity contribution < 1.29 is 9.90 Å². The number of aliphatic hydroxyl groups is 1. The van der Waals surface area contributed by atoms with Gasteiger partial charge in [-0.05, 0) is 43.9 Å². The van der Waals surface area contributed by atoms with E-state index in [4.69, 9.17) is 0 Å². The third-order valence-electron chi connectivity index (χ3n) is 6.40. The molecule has 1 aliphatic carbocycles. The van der Waals surface area contributed by atoms with E-state index in [9.17, 15) is 15.2 Å². The van der Waals surface area contributed by atoms with Gasteiger partial charge in [-0.1, -0.05) is 25.0 Å². The largest absolute Gasteiger partial charge is 0.389 e. The van der Waals surface area contributed by atoms with E-state index < -0.39 is 6.10 Å². The average molecular weight is 383 g/mol. The number of hydrogen-bond donors (Lipinski definition) is 4. The van der Waals surface area contributed by atoms with Crippen molar-refractivity contribution >= 4 is 11.6 Å². The zero-order valence-corrected chi connectivity index (χ0v) is 16.3. The minimum absolute atomic E-state index is 0.00389. The van der Waals surface area contributed by atoms with E-state index >= 15 is 0 Å². The second kappa shape index (κ2) is 8.08.